The molecule has 0 aliphatic carbocycles. The van der Waals surface area contributed by atoms with Crippen molar-refractivity contribution in [1.82, 2.24) is 10.2 Å². The molecule has 6 heteroatoms. The summed E-state index contributed by atoms with van der Waals surface area (Å²) >= 11 is 0. The standard InChI is InChI=1S/C16H21FN2O3/c1-11(2)14(16(21)19-6-8-22-9-7-19)18-15(20)12-4-3-5-13(17)10-12/h3-5,10-11,14H,6-9H2,1-2H3,(H,18,20)/t14-/m1/s1. The minimum atomic E-state index is -0.631. The van der Waals surface area contributed by atoms with E-state index in [1.165, 1.54) is 18.2 Å². The normalized spacial score (nSPS) is 16.5. The van der Waals surface area contributed by atoms with E-state index in [4.69, 9.17) is 4.74 Å². The van der Waals surface area contributed by atoms with Gasteiger partial charge in [-0.15, -0.1) is 0 Å². The zero-order valence-corrected chi connectivity index (χ0v) is 12.8. The average Bonchev–Trinajstić information content (AvgIpc) is 2.52. The molecule has 1 aromatic rings. The molecule has 1 fully saturated rings. The number of halogens is 1. The molecule has 0 unspecified atom stereocenters. The van der Waals surface area contributed by atoms with Gasteiger partial charge in [-0.2, -0.15) is 0 Å². The van der Waals surface area contributed by atoms with Crippen molar-refractivity contribution in [3.63, 3.8) is 0 Å². The maximum atomic E-state index is 13.2. The molecule has 0 bridgehead atoms. The van der Waals surface area contributed by atoms with E-state index in [1.807, 2.05) is 13.8 Å². The van der Waals surface area contributed by atoms with Gasteiger partial charge in [0.2, 0.25) is 5.91 Å². The van der Waals surface area contributed by atoms with Gasteiger partial charge >= 0.3 is 0 Å². The highest BCUT2D eigenvalue weighted by Gasteiger charge is 2.29. The molecule has 0 saturated carbocycles. The quantitative estimate of drug-likeness (QED) is 0.915. The number of nitrogens with one attached hydrogen (secondary N) is 1. The van der Waals surface area contributed by atoms with Gasteiger partial charge in [0.15, 0.2) is 0 Å². The SMILES string of the molecule is CC(C)[C@@H](NC(=O)c1cccc(F)c1)C(=O)N1CCOCC1. The molecule has 1 heterocycles. The number of hydrogen-bond donors (Lipinski definition) is 1. The predicted molar refractivity (Wildman–Crippen MR) is 79.9 cm³/mol. The monoisotopic (exact) mass is 308 g/mol. The molecule has 1 N–H and O–H groups in total. The zero-order chi connectivity index (χ0) is 16.1. The van der Waals surface area contributed by atoms with Crippen LogP contribution in [0.1, 0.15) is 24.2 Å². The number of carbonyl (C=O) groups is 2. The predicted octanol–water partition coefficient (Wildman–Crippen LogP) is 1.44. The molecule has 0 spiro atoms. The number of morpholine rings is 1. The van der Waals surface area contributed by atoms with Gasteiger partial charge in [-0.05, 0) is 24.1 Å². The van der Waals surface area contributed by atoms with Crippen LogP contribution in [0.15, 0.2) is 24.3 Å². The van der Waals surface area contributed by atoms with Crippen molar-refractivity contribution >= 4 is 11.8 Å². The van der Waals surface area contributed by atoms with E-state index in [-0.39, 0.29) is 17.4 Å². The number of carbonyl (C=O) groups excluding carboxylic acids is 2. The molecule has 1 aliphatic rings. The molecule has 5 nitrogen and oxygen atoms in total. The first kappa shape index (κ1) is 16.4. The molecule has 0 radical (unpaired) electrons. The van der Waals surface area contributed by atoms with Crippen LogP contribution in [0, 0.1) is 11.7 Å². The summed E-state index contributed by atoms with van der Waals surface area (Å²) in [4.78, 5) is 26.5. The molecule has 2 amide bonds. The number of nitrogens with zero attached hydrogens (tertiary/aromatic N) is 1. The smallest absolute Gasteiger partial charge is 0.252 e. The van der Waals surface area contributed by atoms with Crippen LogP contribution in [0.4, 0.5) is 4.39 Å². The number of benzene rings is 1. The lowest BCUT2D eigenvalue weighted by atomic mass is 10.0. The third-order valence-electron chi connectivity index (χ3n) is 3.63. The van der Waals surface area contributed by atoms with E-state index >= 15 is 0 Å². The third-order valence-corrected chi connectivity index (χ3v) is 3.63. The van der Waals surface area contributed by atoms with Crippen LogP contribution in [0.3, 0.4) is 0 Å². The number of ether oxygens (including phenoxy) is 1. The summed E-state index contributed by atoms with van der Waals surface area (Å²) in [5.41, 5.74) is 0.209. The van der Waals surface area contributed by atoms with Gasteiger partial charge in [0, 0.05) is 18.7 Å². The van der Waals surface area contributed by atoms with Crippen LogP contribution in [-0.2, 0) is 9.53 Å². The fraction of sp³-hybridized carbons (Fsp3) is 0.500. The highest BCUT2D eigenvalue weighted by molar-refractivity contribution is 5.97. The third kappa shape index (κ3) is 4.04. The Kier molecular flexibility index (Phi) is 5.49. The molecular formula is C16H21FN2O3. The summed E-state index contributed by atoms with van der Waals surface area (Å²) < 4.78 is 18.4. The van der Waals surface area contributed by atoms with E-state index in [2.05, 4.69) is 5.32 Å². The first-order chi connectivity index (χ1) is 10.5. The second-order valence-corrected chi connectivity index (χ2v) is 5.64. The Labute approximate surface area is 129 Å². The summed E-state index contributed by atoms with van der Waals surface area (Å²) in [7, 11) is 0. The van der Waals surface area contributed by atoms with Crippen LogP contribution >= 0.6 is 0 Å². The van der Waals surface area contributed by atoms with Crippen LogP contribution in [0.25, 0.3) is 0 Å². The Bertz CT molecular complexity index is 542. The highest BCUT2D eigenvalue weighted by Crippen LogP contribution is 2.10. The van der Waals surface area contributed by atoms with Gasteiger partial charge in [-0.3, -0.25) is 9.59 Å². The summed E-state index contributed by atoms with van der Waals surface area (Å²) in [6.07, 6.45) is 0. The fourth-order valence-electron chi connectivity index (χ4n) is 2.35. The lowest BCUT2D eigenvalue weighted by Crippen LogP contribution is -2.53. The lowest BCUT2D eigenvalue weighted by Gasteiger charge is -2.32. The lowest BCUT2D eigenvalue weighted by molar-refractivity contribution is -0.138. The Morgan fingerprint density at radius 1 is 1.27 bits per heavy atom. The Morgan fingerprint density at radius 2 is 1.95 bits per heavy atom. The number of amides is 2. The van der Waals surface area contributed by atoms with Crippen LogP contribution in [-0.4, -0.2) is 49.1 Å². The van der Waals surface area contributed by atoms with Gasteiger partial charge in [0.1, 0.15) is 11.9 Å². The van der Waals surface area contributed by atoms with Crippen LogP contribution in [0.5, 0.6) is 0 Å². The molecule has 0 aromatic heterocycles. The van der Waals surface area contributed by atoms with E-state index in [9.17, 15) is 14.0 Å². The van der Waals surface area contributed by atoms with Crippen molar-refractivity contribution in [2.24, 2.45) is 5.92 Å². The molecule has 120 valence electrons. The van der Waals surface area contributed by atoms with E-state index in [0.717, 1.165) is 6.07 Å². The van der Waals surface area contributed by atoms with Gasteiger partial charge in [0.25, 0.3) is 5.91 Å². The van der Waals surface area contributed by atoms with Crippen molar-refractivity contribution in [3.05, 3.63) is 35.6 Å². The van der Waals surface area contributed by atoms with Crippen molar-refractivity contribution in [3.8, 4) is 0 Å². The minimum Gasteiger partial charge on any atom is -0.378 e. The largest absolute Gasteiger partial charge is 0.378 e. The van der Waals surface area contributed by atoms with E-state index in [0.29, 0.717) is 26.3 Å². The molecule has 1 saturated heterocycles. The number of rotatable bonds is 4. The van der Waals surface area contributed by atoms with Gasteiger partial charge in [-0.1, -0.05) is 19.9 Å². The summed E-state index contributed by atoms with van der Waals surface area (Å²) in [5.74, 6) is -1.11. The molecule has 22 heavy (non-hydrogen) atoms. The fourth-order valence-corrected chi connectivity index (χ4v) is 2.35. The maximum absolute atomic E-state index is 13.2. The van der Waals surface area contributed by atoms with Gasteiger partial charge in [0.05, 0.1) is 13.2 Å². The van der Waals surface area contributed by atoms with Gasteiger partial charge in [-0.25, -0.2) is 4.39 Å². The maximum Gasteiger partial charge on any atom is 0.252 e. The van der Waals surface area contributed by atoms with Crippen molar-refractivity contribution in [1.29, 1.82) is 0 Å². The van der Waals surface area contributed by atoms with Crippen LogP contribution < -0.4 is 5.32 Å². The summed E-state index contributed by atoms with van der Waals surface area (Å²) in [5, 5.41) is 2.72. The van der Waals surface area contributed by atoms with Gasteiger partial charge < -0.3 is 15.0 Å². The molecule has 1 aromatic carbocycles. The highest BCUT2D eigenvalue weighted by atomic mass is 19.1. The Morgan fingerprint density at radius 3 is 2.55 bits per heavy atom. The Balaban J connectivity index is 2.08. The molecule has 1 aliphatic heterocycles. The summed E-state index contributed by atoms with van der Waals surface area (Å²) in [6.45, 7) is 5.81. The second-order valence-electron chi connectivity index (χ2n) is 5.64. The topological polar surface area (TPSA) is 58.6 Å². The second kappa shape index (κ2) is 7.35. The minimum absolute atomic E-state index is 0.0622. The van der Waals surface area contributed by atoms with Crippen LogP contribution in [0.2, 0.25) is 0 Å². The van der Waals surface area contributed by atoms with E-state index in [1.54, 1.807) is 4.90 Å². The first-order valence-corrected chi connectivity index (χ1v) is 7.42. The number of hydrogen-bond acceptors (Lipinski definition) is 3. The first-order valence-electron chi connectivity index (χ1n) is 7.42. The van der Waals surface area contributed by atoms with Crippen molar-refractivity contribution < 1.29 is 18.7 Å². The summed E-state index contributed by atoms with van der Waals surface area (Å²) in [6, 6.07) is 4.79. The van der Waals surface area contributed by atoms with Crippen molar-refractivity contribution in [2.45, 2.75) is 19.9 Å². The molecular weight excluding hydrogens is 287 g/mol. The van der Waals surface area contributed by atoms with Crippen molar-refractivity contribution in [2.75, 3.05) is 26.3 Å². The average molecular weight is 308 g/mol. The zero-order valence-electron chi connectivity index (χ0n) is 12.8. The molecule has 2 rings (SSSR count). The van der Waals surface area contributed by atoms with E-state index < -0.39 is 17.8 Å². The molecule has 1 atom stereocenters. The Hall–Kier alpha value is -1.95.